The molecule has 1 atom stereocenters. The molecule has 1 unspecified atom stereocenters. The van der Waals surface area contributed by atoms with E-state index in [1.165, 1.54) is 101 Å². The van der Waals surface area contributed by atoms with E-state index in [9.17, 15) is 0 Å². The van der Waals surface area contributed by atoms with Gasteiger partial charge < -0.3 is 10.6 Å². The molecule has 2 N–H and O–H groups in total. The summed E-state index contributed by atoms with van der Waals surface area (Å²) in [5.41, 5.74) is 3.97. The summed E-state index contributed by atoms with van der Waals surface area (Å²) < 4.78 is 0. The Hall–Kier alpha value is -0.600. The Balaban J connectivity index is 1.60. The molecular formula is C34H64N2. The van der Waals surface area contributed by atoms with Gasteiger partial charge in [0.15, 0.2) is 0 Å². The zero-order valence-electron chi connectivity index (χ0n) is 26.0. The number of unbranched alkanes of at least 4 members (excludes halogenated alkanes) is 4. The Kier molecular flexibility index (Phi) is 11.4. The van der Waals surface area contributed by atoms with Crippen molar-refractivity contribution in [1.82, 2.24) is 10.6 Å². The van der Waals surface area contributed by atoms with E-state index in [1.807, 2.05) is 0 Å². The molecule has 2 heterocycles. The minimum absolute atomic E-state index is 0.237. The van der Waals surface area contributed by atoms with Gasteiger partial charge in [-0.2, -0.15) is 0 Å². The lowest BCUT2D eigenvalue weighted by Gasteiger charge is -2.47. The molecule has 2 aliphatic heterocycles. The van der Waals surface area contributed by atoms with Crippen LogP contribution in [-0.4, -0.2) is 22.2 Å². The summed E-state index contributed by atoms with van der Waals surface area (Å²) in [7, 11) is 0. The molecule has 2 fully saturated rings. The molecule has 0 radical (unpaired) electrons. The van der Waals surface area contributed by atoms with Gasteiger partial charge in [-0.05, 0) is 137 Å². The molecule has 36 heavy (non-hydrogen) atoms. The lowest BCUT2D eigenvalue weighted by atomic mass is 9.72. The zero-order chi connectivity index (χ0) is 27.2. The highest BCUT2D eigenvalue weighted by molar-refractivity contribution is 5.06. The fourth-order valence-electron chi connectivity index (χ4n) is 8.40. The van der Waals surface area contributed by atoms with E-state index in [1.54, 1.807) is 0 Å². The van der Waals surface area contributed by atoms with Crippen molar-refractivity contribution in [2.45, 2.75) is 174 Å². The molecule has 0 bridgehead atoms. The number of piperidine rings is 2. The molecule has 0 aliphatic carbocycles. The highest BCUT2D eigenvalue weighted by Crippen LogP contribution is 2.39. The molecule has 0 aromatic rings. The van der Waals surface area contributed by atoms with E-state index < -0.39 is 0 Å². The van der Waals surface area contributed by atoms with Gasteiger partial charge in [0.05, 0.1) is 0 Å². The van der Waals surface area contributed by atoms with Gasteiger partial charge in [-0.25, -0.2) is 0 Å². The lowest BCUT2D eigenvalue weighted by Crippen LogP contribution is -2.57. The molecule has 0 spiro atoms. The van der Waals surface area contributed by atoms with Crippen LogP contribution in [0, 0.1) is 17.8 Å². The molecule has 0 amide bonds. The van der Waals surface area contributed by atoms with Crippen LogP contribution in [0.5, 0.6) is 0 Å². The Bertz CT molecular complexity index is 679. The average Bonchev–Trinajstić information content (AvgIpc) is 2.64. The van der Waals surface area contributed by atoms with Crippen molar-refractivity contribution < 1.29 is 0 Å². The van der Waals surface area contributed by atoms with Gasteiger partial charge in [-0.1, -0.05) is 56.9 Å². The summed E-state index contributed by atoms with van der Waals surface area (Å²) >= 11 is 0. The Morgan fingerprint density at radius 2 is 1.08 bits per heavy atom. The van der Waals surface area contributed by atoms with Gasteiger partial charge in [0.2, 0.25) is 0 Å². The van der Waals surface area contributed by atoms with E-state index in [0.717, 1.165) is 11.8 Å². The predicted octanol–water partition coefficient (Wildman–Crippen LogP) is 9.75. The maximum Gasteiger partial charge on any atom is 0.0132 e. The van der Waals surface area contributed by atoms with Gasteiger partial charge in [-0.15, -0.1) is 0 Å². The zero-order valence-corrected chi connectivity index (χ0v) is 26.0. The largest absolute Gasteiger partial charge is 0.307 e. The first kappa shape index (κ1) is 31.6. The second kappa shape index (κ2) is 13.0. The summed E-state index contributed by atoms with van der Waals surface area (Å²) in [5.74, 6) is 2.27. The van der Waals surface area contributed by atoms with Crippen LogP contribution in [-0.2, 0) is 0 Å². The smallest absolute Gasteiger partial charge is 0.0132 e. The third-order valence-electron chi connectivity index (χ3n) is 8.83. The summed E-state index contributed by atoms with van der Waals surface area (Å²) in [4.78, 5) is 0. The van der Waals surface area contributed by atoms with E-state index in [2.05, 4.69) is 86.1 Å². The summed E-state index contributed by atoms with van der Waals surface area (Å²) in [5, 5.41) is 7.65. The molecule has 2 heteroatoms. The van der Waals surface area contributed by atoms with Crippen LogP contribution in [0.4, 0.5) is 0 Å². The van der Waals surface area contributed by atoms with Crippen molar-refractivity contribution in [3.8, 4) is 0 Å². The quantitative estimate of drug-likeness (QED) is 0.183. The molecule has 210 valence electrons. The number of hydrogen-bond acceptors (Lipinski definition) is 2. The summed E-state index contributed by atoms with van der Waals surface area (Å²) in [6.07, 6.45) is 18.1. The Labute approximate surface area is 226 Å². The molecule has 2 saturated heterocycles. The molecule has 0 saturated carbocycles. The first-order valence-corrected chi connectivity index (χ1v) is 15.4. The topological polar surface area (TPSA) is 24.1 Å². The van der Waals surface area contributed by atoms with E-state index >= 15 is 0 Å². The molecular weight excluding hydrogens is 436 g/mol. The molecule has 2 rings (SSSR count). The molecule has 2 aliphatic rings. The van der Waals surface area contributed by atoms with E-state index in [4.69, 9.17) is 0 Å². The SMILES string of the molecule is C=C(CCCCCCCC(CC)C(=C)CC1CC(C)(C)NC(C)(C)C1)CC1CC(C)(C)NC(C)(C)C1. The van der Waals surface area contributed by atoms with Gasteiger partial charge in [0.1, 0.15) is 0 Å². The number of hydrogen-bond donors (Lipinski definition) is 2. The number of rotatable bonds is 14. The van der Waals surface area contributed by atoms with Gasteiger partial charge in [0, 0.05) is 22.2 Å². The van der Waals surface area contributed by atoms with Crippen molar-refractivity contribution in [3.05, 3.63) is 24.3 Å². The number of nitrogens with one attached hydrogen (secondary N) is 2. The fourth-order valence-corrected chi connectivity index (χ4v) is 8.40. The fraction of sp³-hybridized carbons (Fsp3) is 0.882. The van der Waals surface area contributed by atoms with E-state index in [0.29, 0.717) is 5.92 Å². The molecule has 0 aromatic carbocycles. The third-order valence-corrected chi connectivity index (χ3v) is 8.83. The first-order valence-electron chi connectivity index (χ1n) is 15.4. The van der Waals surface area contributed by atoms with Crippen LogP contribution >= 0.6 is 0 Å². The van der Waals surface area contributed by atoms with Gasteiger partial charge in [-0.3, -0.25) is 0 Å². The van der Waals surface area contributed by atoms with Crippen LogP contribution in [0.1, 0.15) is 152 Å². The second-order valence-corrected chi connectivity index (χ2v) is 15.6. The second-order valence-electron chi connectivity index (χ2n) is 15.6. The molecule has 0 aromatic heterocycles. The minimum Gasteiger partial charge on any atom is -0.307 e. The van der Waals surface area contributed by atoms with Crippen LogP contribution in [0.15, 0.2) is 24.3 Å². The number of allylic oxidation sites excluding steroid dienone is 2. The van der Waals surface area contributed by atoms with Crippen molar-refractivity contribution in [1.29, 1.82) is 0 Å². The van der Waals surface area contributed by atoms with E-state index in [-0.39, 0.29) is 22.2 Å². The highest BCUT2D eigenvalue weighted by atomic mass is 15.1. The van der Waals surface area contributed by atoms with Gasteiger partial charge >= 0.3 is 0 Å². The predicted molar refractivity (Wildman–Crippen MR) is 162 cm³/mol. The van der Waals surface area contributed by atoms with Crippen LogP contribution < -0.4 is 10.6 Å². The van der Waals surface area contributed by atoms with Crippen molar-refractivity contribution in [3.63, 3.8) is 0 Å². The lowest BCUT2D eigenvalue weighted by molar-refractivity contribution is 0.126. The van der Waals surface area contributed by atoms with Crippen molar-refractivity contribution in [2.75, 3.05) is 0 Å². The minimum atomic E-state index is 0.237. The van der Waals surface area contributed by atoms with Crippen LogP contribution in [0.3, 0.4) is 0 Å². The van der Waals surface area contributed by atoms with Crippen molar-refractivity contribution >= 4 is 0 Å². The monoisotopic (exact) mass is 501 g/mol. The maximum atomic E-state index is 4.59. The average molecular weight is 501 g/mol. The molecule has 2 nitrogen and oxygen atoms in total. The standard InChI is InChI=1S/C34H64N2/c1-12-30(27(3)21-29-24-33(8,9)36-34(10,11)25-29)19-17-15-13-14-16-18-26(2)20-28-22-31(4,5)35-32(6,7)23-28/h28-30,35-36H,2-3,12-25H2,1,4-11H3. The third kappa shape index (κ3) is 11.4. The Morgan fingerprint density at radius 1 is 0.667 bits per heavy atom. The summed E-state index contributed by atoms with van der Waals surface area (Å²) in [6, 6.07) is 0. The Morgan fingerprint density at radius 3 is 1.56 bits per heavy atom. The highest BCUT2D eigenvalue weighted by Gasteiger charge is 2.38. The maximum absolute atomic E-state index is 4.59. The first-order chi connectivity index (χ1) is 16.5. The van der Waals surface area contributed by atoms with Crippen LogP contribution in [0.25, 0.3) is 0 Å². The summed E-state index contributed by atoms with van der Waals surface area (Å²) in [6.45, 7) is 30.3. The normalized spacial score (nSPS) is 24.4. The van der Waals surface area contributed by atoms with Gasteiger partial charge in [0.25, 0.3) is 0 Å². The van der Waals surface area contributed by atoms with Crippen molar-refractivity contribution in [2.24, 2.45) is 17.8 Å². The van der Waals surface area contributed by atoms with Crippen LogP contribution in [0.2, 0.25) is 0 Å².